The van der Waals surface area contributed by atoms with Gasteiger partial charge in [-0.25, -0.2) is 0 Å². The Hall–Kier alpha value is -8.78. The number of nitrogens with zero attached hydrogens (tertiary/aromatic N) is 1. The van der Waals surface area contributed by atoms with E-state index in [1.165, 1.54) is 99.1 Å². The Morgan fingerprint density at radius 3 is 1.00 bits per heavy atom. The van der Waals surface area contributed by atoms with Crippen LogP contribution in [0.3, 0.4) is 0 Å². The standard InChI is InChI=1S/C68H45N/c1-4-20-46(21-5-1)67(47-22-6-2-7-23-47)65-35-19-16-32-60(65)62-45-52(41-43-66(62)67)69(51-40-42-57-55-28-11-10-26-53(55)54-27-12-13-29-56(54)61(57)44-51)50-38-36-49(37-39-50)68(48-24-8-3-9-25-48)63-33-17-14-30-58(63)59-31-15-18-34-64(59)68/h1-45H. The van der Waals surface area contributed by atoms with Crippen molar-refractivity contribution in [1.82, 2.24) is 0 Å². The van der Waals surface area contributed by atoms with Crippen molar-refractivity contribution in [2.75, 3.05) is 4.90 Å². The number of fused-ring (bicyclic) bond motifs is 12. The summed E-state index contributed by atoms with van der Waals surface area (Å²) in [7, 11) is 0. The van der Waals surface area contributed by atoms with Crippen LogP contribution in [-0.2, 0) is 10.8 Å². The van der Waals surface area contributed by atoms with Crippen LogP contribution in [0.1, 0.15) is 44.5 Å². The SMILES string of the molecule is c1ccc(C2(c3ccc(N(c4ccc5c(c4)-c4ccccc4C5(c4ccccc4)c4ccccc4)c4ccc5c6ccccc6c6ccccc6c5c4)cc3)c3ccccc3-c3ccccc32)cc1. The van der Waals surface area contributed by atoms with E-state index in [-0.39, 0.29) is 0 Å². The number of hydrogen-bond acceptors (Lipinski definition) is 1. The number of benzene rings is 12. The summed E-state index contributed by atoms with van der Waals surface area (Å²) < 4.78 is 0. The van der Waals surface area contributed by atoms with Crippen LogP contribution in [0, 0.1) is 0 Å². The van der Waals surface area contributed by atoms with E-state index in [1.54, 1.807) is 0 Å². The molecule has 2 aliphatic rings. The molecule has 0 fully saturated rings. The van der Waals surface area contributed by atoms with Gasteiger partial charge in [0.1, 0.15) is 0 Å². The molecule has 12 aromatic rings. The largest absolute Gasteiger partial charge is 0.310 e. The Morgan fingerprint density at radius 2 is 0.522 bits per heavy atom. The molecular formula is C68H45N. The zero-order chi connectivity index (χ0) is 45.5. The highest BCUT2D eigenvalue weighted by Gasteiger charge is 2.47. The van der Waals surface area contributed by atoms with Gasteiger partial charge in [0.15, 0.2) is 0 Å². The van der Waals surface area contributed by atoms with E-state index in [0.717, 1.165) is 17.1 Å². The third-order valence-electron chi connectivity index (χ3n) is 15.4. The monoisotopic (exact) mass is 875 g/mol. The average molecular weight is 876 g/mol. The first-order valence-corrected chi connectivity index (χ1v) is 24.1. The third-order valence-corrected chi connectivity index (χ3v) is 15.4. The molecule has 0 saturated carbocycles. The minimum atomic E-state index is -0.490. The first-order valence-electron chi connectivity index (χ1n) is 24.1. The van der Waals surface area contributed by atoms with E-state index >= 15 is 0 Å². The maximum atomic E-state index is 2.48. The van der Waals surface area contributed by atoms with Crippen LogP contribution in [0.5, 0.6) is 0 Å². The number of hydrogen-bond donors (Lipinski definition) is 0. The molecule has 0 radical (unpaired) electrons. The van der Waals surface area contributed by atoms with Crippen molar-refractivity contribution in [2.45, 2.75) is 10.8 Å². The molecule has 0 spiro atoms. The van der Waals surface area contributed by atoms with E-state index in [9.17, 15) is 0 Å². The molecule has 0 N–H and O–H groups in total. The minimum absolute atomic E-state index is 0.484. The van der Waals surface area contributed by atoms with Gasteiger partial charge < -0.3 is 4.90 Å². The van der Waals surface area contributed by atoms with Gasteiger partial charge >= 0.3 is 0 Å². The van der Waals surface area contributed by atoms with E-state index in [2.05, 4.69) is 278 Å². The van der Waals surface area contributed by atoms with E-state index in [0.29, 0.717) is 0 Å². The predicted octanol–water partition coefficient (Wildman–Crippen LogP) is 17.3. The van der Waals surface area contributed by atoms with Crippen molar-refractivity contribution in [3.8, 4) is 22.3 Å². The van der Waals surface area contributed by atoms with Gasteiger partial charge in [-0.1, -0.05) is 237 Å². The molecule has 0 amide bonds. The molecule has 12 aromatic carbocycles. The Bertz CT molecular complexity index is 3830. The van der Waals surface area contributed by atoms with Gasteiger partial charge in [-0.3, -0.25) is 0 Å². The molecule has 0 saturated heterocycles. The normalized spacial score (nSPS) is 13.7. The van der Waals surface area contributed by atoms with Crippen molar-refractivity contribution in [3.05, 3.63) is 317 Å². The third kappa shape index (κ3) is 5.59. The van der Waals surface area contributed by atoms with Gasteiger partial charge in [0, 0.05) is 17.1 Å². The molecule has 0 atom stereocenters. The highest BCUT2D eigenvalue weighted by molar-refractivity contribution is 6.25. The van der Waals surface area contributed by atoms with Crippen molar-refractivity contribution >= 4 is 49.4 Å². The van der Waals surface area contributed by atoms with E-state index in [4.69, 9.17) is 0 Å². The second kappa shape index (κ2) is 15.4. The van der Waals surface area contributed by atoms with Crippen LogP contribution >= 0.6 is 0 Å². The topological polar surface area (TPSA) is 3.24 Å². The van der Waals surface area contributed by atoms with Crippen LogP contribution in [0.2, 0.25) is 0 Å². The molecule has 0 aromatic heterocycles. The van der Waals surface area contributed by atoms with Gasteiger partial charge in [-0.15, -0.1) is 0 Å². The number of rotatable bonds is 7. The quantitative estimate of drug-likeness (QED) is 0.144. The highest BCUT2D eigenvalue weighted by Crippen LogP contribution is 2.59. The summed E-state index contributed by atoms with van der Waals surface area (Å²) in [6, 6.07) is 102. The molecular weight excluding hydrogens is 831 g/mol. The zero-order valence-corrected chi connectivity index (χ0v) is 37.9. The fraction of sp³-hybridized carbons (Fsp3) is 0.0294. The first-order chi connectivity index (χ1) is 34.2. The second-order valence-corrected chi connectivity index (χ2v) is 18.7. The lowest BCUT2D eigenvalue weighted by Gasteiger charge is -2.35. The molecule has 69 heavy (non-hydrogen) atoms. The van der Waals surface area contributed by atoms with Crippen molar-refractivity contribution in [1.29, 1.82) is 0 Å². The summed E-state index contributed by atoms with van der Waals surface area (Å²) in [5.74, 6) is 0. The molecule has 0 bridgehead atoms. The van der Waals surface area contributed by atoms with Gasteiger partial charge in [0.25, 0.3) is 0 Å². The molecule has 0 unspecified atom stereocenters. The molecule has 1 nitrogen and oxygen atoms in total. The molecule has 1 heteroatoms. The summed E-state index contributed by atoms with van der Waals surface area (Å²) in [6.07, 6.45) is 0. The van der Waals surface area contributed by atoms with Crippen LogP contribution < -0.4 is 4.90 Å². The molecule has 14 rings (SSSR count). The van der Waals surface area contributed by atoms with Crippen molar-refractivity contribution in [2.24, 2.45) is 0 Å². The molecule has 0 aliphatic heterocycles. The van der Waals surface area contributed by atoms with Gasteiger partial charge in [-0.05, 0) is 135 Å². The van der Waals surface area contributed by atoms with Crippen LogP contribution in [0.4, 0.5) is 17.1 Å². The van der Waals surface area contributed by atoms with E-state index in [1.807, 2.05) is 0 Å². The smallest absolute Gasteiger partial charge is 0.0713 e. The summed E-state index contributed by atoms with van der Waals surface area (Å²) in [5, 5.41) is 7.56. The van der Waals surface area contributed by atoms with Crippen molar-refractivity contribution in [3.63, 3.8) is 0 Å². The van der Waals surface area contributed by atoms with Gasteiger partial charge in [0.05, 0.1) is 10.8 Å². The predicted molar refractivity (Wildman–Crippen MR) is 288 cm³/mol. The van der Waals surface area contributed by atoms with Crippen LogP contribution in [0.15, 0.2) is 273 Å². The molecule has 322 valence electrons. The number of anilines is 3. The summed E-state index contributed by atoms with van der Waals surface area (Å²) in [6.45, 7) is 0. The van der Waals surface area contributed by atoms with Crippen LogP contribution in [0.25, 0.3) is 54.6 Å². The summed E-state index contributed by atoms with van der Waals surface area (Å²) in [5.41, 5.74) is 17.7. The highest BCUT2D eigenvalue weighted by atomic mass is 15.1. The van der Waals surface area contributed by atoms with E-state index < -0.39 is 10.8 Å². The van der Waals surface area contributed by atoms with Gasteiger partial charge in [0.2, 0.25) is 0 Å². The molecule has 2 aliphatic carbocycles. The lowest BCUT2D eigenvalue weighted by atomic mass is 9.67. The summed E-state index contributed by atoms with van der Waals surface area (Å²) >= 11 is 0. The maximum Gasteiger partial charge on any atom is 0.0713 e. The fourth-order valence-electron chi connectivity index (χ4n) is 12.6. The van der Waals surface area contributed by atoms with Crippen LogP contribution in [-0.4, -0.2) is 0 Å². The maximum absolute atomic E-state index is 2.48. The lowest BCUT2D eigenvalue weighted by molar-refractivity contribution is 0.768. The Morgan fingerprint density at radius 1 is 0.203 bits per heavy atom. The Balaban J connectivity index is 1.02. The first kappa shape index (κ1) is 39.4. The van der Waals surface area contributed by atoms with Gasteiger partial charge in [-0.2, -0.15) is 0 Å². The minimum Gasteiger partial charge on any atom is -0.310 e. The van der Waals surface area contributed by atoms with Crippen molar-refractivity contribution < 1.29 is 0 Å². The Labute approximate surface area is 402 Å². The summed E-state index contributed by atoms with van der Waals surface area (Å²) in [4.78, 5) is 2.48. The second-order valence-electron chi connectivity index (χ2n) is 18.7. The zero-order valence-electron chi connectivity index (χ0n) is 37.9. The fourth-order valence-corrected chi connectivity index (χ4v) is 12.6. The molecule has 0 heterocycles. The average Bonchev–Trinajstić information content (AvgIpc) is 3.90. The Kier molecular flexibility index (Phi) is 8.78. The lowest BCUT2D eigenvalue weighted by Crippen LogP contribution is -2.28.